The van der Waals surface area contributed by atoms with Crippen LogP contribution in [0.4, 0.5) is 18.9 Å². The summed E-state index contributed by atoms with van der Waals surface area (Å²) in [5, 5.41) is 0. The summed E-state index contributed by atoms with van der Waals surface area (Å²) in [6.45, 7) is 2.64. The predicted octanol–water partition coefficient (Wildman–Crippen LogP) is 3.14. The Bertz CT molecular complexity index is 748. The molecular formula is C17H23F3N2O3S. The molecule has 1 aromatic rings. The Balaban J connectivity index is 1.98. The third-order valence-corrected chi connectivity index (χ3v) is 5.57. The Labute approximate surface area is 151 Å². The molecule has 0 spiro atoms. The summed E-state index contributed by atoms with van der Waals surface area (Å²) < 4.78 is 62.3. The summed E-state index contributed by atoms with van der Waals surface area (Å²) in [6.07, 6.45) is -4.08. The highest BCUT2D eigenvalue weighted by molar-refractivity contribution is 7.89. The van der Waals surface area contributed by atoms with Crippen molar-refractivity contribution in [2.45, 2.75) is 51.7 Å². The largest absolute Gasteiger partial charge is 0.389 e. The molecule has 9 heteroatoms. The van der Waals surface area contributed by atoms with Gasteiger partial charge in [0.15, 0.2) is 0 Å². The van der Waals surface area contributed by atoms with Gasteiger partial charge in [-0.15, -0.1) is 0 Å². The zero-order valence-corrected chi connectivity index (χ0v) is 15.4. The molecule has 26 heavy (non-hydrogen) atoms. The molecule has 0 radical (unpaired) electrons. The first kappa shape index (κ1) is 20.7. The van der Waals surface area contributed by atoms with Gasteiger partial charge in [-0.05, 0) is 36.5 Å². The minimum Gasteiger partial charge on any atom is -0.312 e. The Morgan fingerprint density at radius 1 is 1.23 bits per heavy atom. The SMILES string of the molecule is CCCN1C(=O)CCc2cc(CNS(=O)(=O)CCCC(F)(F)F)ccc21. The average molecular weight is 392 g/mol. The molecule has 1 aromatic carbocycles. The van der Waals surface area contributed by atoms with Gasteiger partial charge in [-0.3, -0.25) is 4.79 Å². The molecule has 5 nitrogen and oxygen atoms in total. The lowest BCUT2D eigenvalue weighted by molar-refractivity contribution is -0.134. The van der Waals surface area contributed by atoms with Gasteiger partial charge in [0.25, 0.3) is 0 Å². The van der Waals surface area contributed by atoms with Crippen LogP contribution in [0.15, 0.2) is 18.2 Å². The Kier molecular flexibility index (Phi) is 6.68. The summed E-state index contributed by atoms with van der Waals surface area (Å²) in [5.74, 6) is -0.478. The molecule has 0 aliphatic carbocycles. The van der Waals surface area contributed by atoms with E-state index in [1.165, 1.54) is 0 Å². The zero-order chi connectivity index (χ0) is 19.4. The fourth-order valence-corrected chi connectivity index (χ4v) is 3.98. The molecule has 0 saturated carbocycles. The number of sulfonamides is 1. The Hall–Kier alpha value is -1.61. The number of halogens is 3. The van der Waals surface area contributed by atoms with Crippen molar-refractivity contribution in [3.05, 3.63) is 29.3 Å². The van der Waals surface area contributed by atoms with Gasteiger partial charge < -0.3 is 4.90 Å². The van der Waals surface area contributed by atoms with Gasteiger partial charge in [-0.2, -0.15) is 13.2 Å². The molecule has 1 heterocycles. The second kappa shape index (κ2) is 8.39. The number of hydrogen-bond donors (Lipinski definition) is 1. The molecule has 0 fully saturated rings. The van der Waals surface area contributed by atoms with Gasteiger partial charge in [-0.25, -0.2) is 13.1 Å². The van der Waals surface area contributed by atoms with Crippen LogP contribution in [0.2, 0.25) is 0 Å². The highest BCUT2D eigenvalue weighted by Crippen LogP contribution is 2.29. The summed E-state index contributed by atoms with van der Waals surface area (Å²) in [7, 11) is -3.77. The van der Waals surface area contributed by atoms with E-state index in [1.807, 2.05) is 13.0 Å². The van der Waals surface area contributed by atoms with Crippen LogP contribution in [0.1, 0.15) is 43.7 Å². The normalized spacial score (nSPS) is 15.2. The molecule has 1 aliphatic heterocycles. The molecule has 1 N–H and O–H groups in total. The summed E-state index contributed by atoms with van der Waals surface area (Å²) >= 11 is 0. The number of nitrogens with one attached hydrogen (secondary N) is 1. The minimum absolute atomic E-state index is 0.0172. The van der Waals surface area contributed by atoms with Gasteiger partial charge in [0.05, 0.1) is 5.75 Å². The Morgan fingerprint density at radius 2 is 1.96 bits per heavy atom. The maximum Gasteiger partial charge on any atom is 0.389 e. The van der Waals surface area contributed by atoms with Crippen LogP contribution < -0.4 is 9.62 Å². The third kappa shape index (κ3) is 5.98. The molecule has 146 valence electrons. The van der Waals surface area contributed by atoms with Crippen LogP contribution in [0.5, 0.6) is 0 Å². The van der Waals surface area contributed by atoms with Crippen LogP contribution in [0, 0.1) is 0 Å². The van der Waals surface area contributed by atoms with Crippen LogP contribution >= 0.6 is 0 Å². The molecular weight excluding hydrogens is 369 g/mol. The first-order chi connectivity index (χ1) is 12.1. The van der Waals surface area contributed by atoms with E-state index in [4.69, 9.17) is 0 Å². The highest BCUT2D eigenvalue weighted by Gasteiger charge is 2.27. The quantitative estimate of drug-likeness (QED) is 0.739. The van der Waals surface area contributed by atoms with Crippen LogP contribution in [0.3, 0.4) is 0 Å². The van der Waals surface area contributed by atoms with Crippen molar-refractivity contribution in [2.75, 3.05) is 17.2 Å². The lowest BCUT2D eigenvalue weighted by Crippen LogP contribution is -2.35. The number of carbonyl (C=O) groups excluding carboxylic acids is 1. The van der Waals surface area contributed by atoms with Crippen LogP contribution in [0.25, 0.3) is 0 Å². The highest BCUT2D eigenvalue weighted by atomic mass is 32.2. The monoisotopic (exact) mass is 392 g/mol. The van der Waals surface area contributed by atoms with Crippen molar-refractivity contribution in [1.29, 1.82) is 0 Å². The van der Waals surface area contributed by atoms with E-state index in [-0.39, 0.29) is 12.5 Å². The first-order valence-electron chi connectivity index (χ1n) is 8.57. The lowest BCUT2D eigenvalue weighted by Gasteiger charge is -2.29. The van der Waals surface area contributed by atoms with E-state index in [1.54, 1.807) is 17.0 Å². The zero-order valence-electron chi connectivity index (χ0n) is 14.6. The smallest absolute Gasteiger partial charge is 0.312 e. The first-order valence-corrected chi connectivity index (χ1v) is 10.2. The molecule has 0 atom stereocenters. The molecule has 1 amide bonds. The van der Waals surface area contributed by atoms with E-state index in [0.29, 0.717) is 24.9 Å². The van der Waals surface area contributed by atoms with Crippen molar-refractivity contribution in [3.63, 3.8) is 0 Å². The van der Waals surface area contributed by atoms with Crippen LogP contribution in [-0.2, 0) is 27.8 Å². The van der Waals surface area contributed by atoms with Gasteiger partial charge in [0.2, 0.25) is 15.9 Å². The molecule has 1 aliphatic rings. The number of benzene rings is 1. The van der Waals surface area contributed by atoms with Gasteiger partial charge in [0.1, 0.15) is 0 Å². The maximum atomic E-state index is 12.1. The van der Waals surface area contributed by atoms with E-state index >= 15 is 0 Å². The van der Waals surface area contributed by atoms with E-state index < -0.39 is 34.8 Å². The second-order valence-corrected chi connectivity index (χ2v) is 8.29. The standard InChI is InChI=1S/C17H23F3N2O3S/c1-2-9-22-15-6-4-13(11-14(15)5-7-16(22)23)12-21-26(24,25)10-3-8-17(18,19)20/h4,6,11,21H,2-3,5,7-10,12H2,1H3. The third-order valence-electron chi connectivity index (χ3n) is 4.16. The maximum absolute atomic E-state index is 12.1. The van der Waals surface area contributed by atoms with E-state index in [9.17, 15) is 26.4 Å². The van der Waals surface area contributed by atoms with Crippen LogP contribution in [-0.4, -0.2) is 32.8 Å². The number of aryl methyl sites for hydroxylation is 1. The van der Waals surface area contributed by atoms with E-state index in [0.717, 1.165) is 17.7 Å². The predicted molar refractivity (Wildman–Crippen MR) is 93.3 cm³/mol. The fourth-order valence-electron chi connectivity index (χ4n) is 2.92. The number of anilines is 1. The minimum atomic E-state index is -4.35. The van der Waals surface area contributed by atoms with Crippen molar-refractivity contribution in [1.82, 2.24) is 4.72 Å². The van der Waals surface area contributed by atoms with Gasteiger partial charge >= 0.3 is 6.18 Å². The van der Waals surface area contributed by atoms with Crippen molar-refractivity contribution < 1.29 is 26.4 Å². The van der Waals surface area contributed by atoms with Crippen molar-refractivity contribution >= 4 is 21.6 Å². The van der Waals surface area contributed by atoms with Gasteiger partial charge in [0, 0.05) is 31.6 Å². The molecule has 0 saturated heterocycles. The second-order valence-electron chi connectivity index (χ2n) is 6.37. The number of rotatable bonds is 8. The number of hydrogen-bond acceptors (Lipinski definition) is 3. The average Bonchev–Trinajstić information content (AvgIpc) is 2.54. The summed E-state index contributed by atoms with van der Waals surface area (Å²) in [4.78, 5) is 13.8. The summed E-state index contributed by atoms with van der Waals surface area (Å²) in [5.41, 5.74) is 2.54. The van der Waals surface area contributed by atoms with E-state index in [2.05, 4.69) is 4.72 Å². The number of alkyl halides is 3. The Morgan fingerprint density at radius 3 is 2.62 bits per heavy atom. The summed E-state index contributed by atoms with van der Waals surface area (Å²) in [6, 6.07) is 5.39. The fraction of sp³-hybridized carbons (Fsp3) is 0.588. The molecule has 2 rings (SSSR count). The number of fused-ring (bicyclic) bond motifs is 1. The molecule has 0 bridgehead atoms. The van der Waals surface area contributed by atoms with Crippen molar-refractivity contribution in [2.24, 2.45) is 0 Å². The molecule has 0 aromatic heterocycles. The number of amides is 1. The van der Waals surface area contributed by atoms with Crippen molar-refractivity contribution in [3.8, 4) is 0 Å². The van der Waals surface area contributed by atoms with Gasteiger partial charge in [-0.1, -0.05) is 19.1 Å². The lowest BCUT2D eigenvalue weighted by atomic mass is 9.98. The number of nitrogens with zero attached hydrogens (tertiary/aromatic N) is 1. The topological polar surface area (TPSA) is 66.5 Å². The molecule has 0 unspecified atom stereocenters. The number of carbonyl (C=O) groups is 1.